The number of aromatic nitrogens is 1. The molecular weight excluding hydrogens is 346 g/mol. The number of benzene rings is 1. The average Bonchev–Trinajstić information content (AvgIpc) is 2.89. The second-order valence-electron chi connectivity index (χ2n) is 6.32. The minimum absolute atomic E-state index is 0.172. The molecule has 2 aromatic rings. The van der Waals surface area contributed by atoms with Gasteiger partial charge >= 0.3 is 5.97 Å². The summed E-state index contributed by atoms with van der Waals surface area (Å²) in [6.07, 6.45) is -0.947. The van der Waals surface area contributed by atoms with Gasteiger partial charge in [0.05, 0.1) is 5.56 Å². The zero-order valence-electron chi connectivity index (χ0n) is 16.3. The van der Waals surface area contributed by atoms with Crippen LogP contribution in [0.2, 0.25) is 0 Å². The van der Waals surface area contributed by atoms with Gasteiger partial charge in [-0.15, -0.1) is 0 Å². The Balaban J connectivity index is 1.99. The van der Waals surface area contributed by atoms with E-state index in [1.807, 2.05) is 25.3 Å². The Morgan fingerprint density at radius 1 is 1.07 bits per heavy atom. The Bertz CT molecular complexity index is 853. The van der Waals surface area contributed by atoms with E-state index in [1.54, 1.807) is 30.3 Å². The molecule has 2 N–H and O–H groups in total. The van der Waals surface area contributed by atoms with Crippen LogP contribution in [-0.4, -0.2) is 28.5 Å². The Hall–Kier alpha value is -3.09. The number of amides is 2. The summed E-state index contributed by atoms with van der Waals surface area (Å²) in [5.41, 5.74) is 3.43. The first-order chi connectivity index (χ1) is 12.7. The number of rotatable bonds is 6. The monoisotopic (exact) mass is 371 g/mol. The van der Waals surface area contributed by atoms with Gasteiger partial charge in [-0.2, -0.15) is 0 Å². The van der Waals surface area contributed by atoms with Gasteiger partial charge in [0.2, 0.25) is 5.91 Å². The van der Waals surface area contributed by atoms with Gasteiger partial charge in [-0.05, 0) is 58.0 Å². The van der Waals surface area contributed by atoms with Crippen molar-refractivity contribution in [2.75, 3.05) is 10.6 Å². The van der Waals surface area contributed by atoms with E-state index in [0.717, 1.165) is 17.9 Å². The molecular formula is C20H25N3O4. The van der Waals surface area contributed by atoms with Crippen molar-refractivity contribution in [2.24, 2.45) is 0 Å². The highest BCUT2D eigenvalue weighted by Crippen LogP contribution is 2.18. The first-order valence-corrected chi connectivity index (χ1v) is 8.79. The van der Waals surface area contributed by atoms with Crippen molar-refractivity contribution in [3.63, 3.8) is 0 Å². The van der Waals surface area contributed by atoms with Crippen molar-refractivity contribution in [3.05, 3.63) is 47.3 Å². The Morgan fingerprint density at radius 3 is 2.11 bits per heavy atom. The summed E-state index contributed by atoms with van der Waals surface area (Å²) in [5, 5.41) is 5.33. The quantitative estimate of drug-likeness (QED) is 0.763. The van der Waals surface area contributed by atoms with Gasteiger partial charge in [-0.3, -0.25) is 9.59 Å². The molecule has 1 aromatic carbocycles. The Labute approximate surface area is 158 Å². The van der Waals surface area contributed by atoms with Crippen molar-refractivity contribution in [1.29, 1.82) is 0 Å². The van der Waals surface area contributed by atoms with E-state index in [4.69, 9.17) is 4.74 Å². The molecule has 7 heteroatoms. The molecule has 0 saturated carbocycles. The van der Waals surface area contributed by atoms with Crippen molar-refractivity contribution in [2.45, 2.75) is 47.3 Å². The van der Waals surface area contributed by atoms with Crippen molar-refractivity contribution in [1.82, 2.24) is 4.57 Å². The average molecular weight is 371 g/mol. The summed E-state index contributed by atoms with van der Waals surface area (Å²) in [4.78, 5) is 35.7. The van der Waals surface area contributed by atoms with E-state index in [9.17, 15) is 14.4 Å². The fraction of sp³-hybridized carbons (Fsp3) is 0.350. The van der Waals surface area contributed by atoms with E-state index in [0.29, 0.717) is 16.9 Å². The smallest absolute Gasteiger partial charge is 0.340 e. The van der Waals surface area contributed by atoms with Crippen LogP contribution in [0.1, 0.15) is 42.5 Å². The second-order valence-corrected chi connectivity index (χ2v) is 6.32. The fourth-order valence-electron chi connectivity index (χ4n) is 2.86. The van der Waals surface area contributed by atoms with Crippen LogP contribution in [0.15, 0.2) is 30.3 Å². The van der Waals surface area contributed by atoms with Crippen LogP contribution in [0.25, 0.3) is 0 Å². The highest BCUT2D eigenvalue weighted by Gasteiger charge is 2.22. The number of esters is 1. The van der Waals surface area contributed by atoms with E-state index < -0.39 is 18.0 Å². The lowest BCUT2D eigenvalue weighted by Gasteiger charge is -2.14. The van der Waals surface area contributed by atoms with Crippen molar-refractivity contribution < 1.29 is 19.1 Å². The molecule has 0 unspecified atom stereocenters. The zero-order valence-corrected chi connectivity index (χ0v) is 16.3. The molecule has 7 nitrogen and oxygen atoms in total. The topological polar surface area (TPSA) is 89.4 Å². The normalized spacial score (nSPS) is 11.6. The molecule has 0 saturated heterocycles. The molecule has 0 fully saturated rings. The first kappa shape index (κ1) is 20.2. The number of carbonyl (C=O) groups is 3. The van der Waals surface area contributed by atoms with E-state index in [1.165, 1.54) is 13.8 Å². The lowest BCUT2D eigenvalue weighted by molar-refractivity contribution is -0.123. The largest absolute Gasteiger partial charge is 0.449 e. The van der Waals surface area contributed by atoms with Crippen LogP contribution in [0.5, 0.6) is 0 Å². The molecule has 1 heterocycles. The molecule has 0 aliphatic carbocycles. The third kappa shape index (κ3) is 4.97. The van der Waals surface area contributed by atoms with Crippen LogP contribution < -0.4 is 10.6 Å². The van der Waals surface area contributed by atoms with Gasteiger partial charge in [0.25, 0.3) is 5.91 Å². The second kappa shape index (κ2) is 8.53. The maximum Gasteiger partial charge on any atom is 0.340 e. The molecule has 1 aromatic heterocycles. The molecule has 0 radical (unpaired) electrons. The molecule has 27 heavy (non-hydrogen) atoms. The standard InChI is InChI=1S/C20H25N3O4/c1-6-23-12(2)11-18(13(23)3)20(26)27-14(4)19(25)22-17-9-7-16(8-10-17)21-15(5)24/h7-11,14H,6H2,1-5H3,(H,21,24)(H,22,25)/t14-/m0/s1. The molecule has 144 valence electrons. The third-order valence-corrected chi connectivity index (χ3v) is 4.24. The highest BCUT2D eigenvalue weighted by molar-refractivity contribution is 5.98. The summed E-state index contributed by atoms with van der Waals surface area (Å²) in [6, 6.07) is 8.44. The fourth-order valence-corrected chi connectivity index (χ4v) is 2.86. The highest BCUT2D eigenvalue weighted by atomic mass is 16.5. The molecule has 0 aliphatic rings. The van der Waals surface area contributed by atoms with Crippen LogP contribution in [0, 0.1) is 13.8 Å². The number of aryl methyl sites for hydroxylation is 1. The summed E-state index contributed by atoms with van der Waals surface area (Å²) in [7, 11) is 0. The number of nitrogens with zero attached hydrogens (tertiary/aromatic N) is 1. The number of nitrogens with one attached hydrogen (secondary N) is 2. The Kier molecular flexibility index (Phi) is 6.39. The molecule has 0 bridgehead atoms. The third-order valence-electron chi connectivity index (χ3n) is 4.24. The van der Waals surface area contributed by atoms with Gasteiger partial charge in [-0.25, -0.2) is 4.79 Å². The summed E-state index contributed by atoms with van der Waals surface area (Å²) in [5.74, 6) is -1.12. The van der Waals surface area contributed by atoms with E-state index in [-0.39, 0.29) is 5.91 Å². The minimum atomic E-state index is -0.947. The summed E-state index contributed by atoms with van der Waals surface area (Å²) < 4.78 is 7.33. The summed E-state index contributed by atoms with van der Waals surface area (Å²) in [6.45, 7) is 9.49. The van der Waals surface area contributed by atoms with Gasteiger partial charge < -0.3 is 19.9 Å². The predicted molar refractivity (Wildman–Crippen MR) is 104 cm³/mol. The van der Waals surface area contributed by atoms with Gasteiger partial charge in [0.15, 0.2) is 6.10 Å². The van der Waals surface area contributed by atoms with E-state index >= 15 is 0 Å². The maximum absolute atomic E-state index is 12.4. The molecule has 2 amide bonds. The number of ether oxygens (including phenoxy) is 1. The molecule has 0 aliphatic heterocycles. The first-order valence-electron chi connectivity index (χ1n) is 8.79. The maximum atomic E-state index is 12.4. The van der Waals surface area contributed by atoms with Crippen LogP contribution in [-0.2, 0) is 20.9 Å². The number of carbonyl (C=O) groups excluding carboxylic acids is 3. The van der Waals surface area contributed by atoms with Crippen LogP contribution in [0.4, 0.5) is 11.4 Å². The number of hydrogen-bond acceptors (Lipinski definition) is 4. The lowest BCUT2D eigenvalue weighted by atomic mass is 10.2. The lowest BCUT2D eigenvalue weighted by Crippen LogP contribution is -2.30. The number of anilines is 2. The predicted octanol–water partition coefficient (Wildman–Crippen LogP) is 3.27. The molecule has 2 rings (SSSR count). The minimum Gasteiger partial charge on any atom is -0.449 e. The summed E-state index contributed by atoms with van der Waals surface area (Å²) >= 11 is 0. The van der Waals surface area contributed by atoms with Gasteiger partial charge in [0, 0.05) is 36.2 Å². The van der Waals surface area contributed by atoms with Crippen LogP contribution in [0.3, 0.4) is 0 Å². The van der Waals surface area contributed by atoms with Gasteiger partial charge in [-0.1, -0.05) is 0 Å². The van der Waals surface area contributed by atoms with Crippen LogP contribution >= 0.6 is 0 Å². The molecule has 1 atom stereocenters. The Morgan fingerprint density at radius 2 is 1.63 bits per heavy atom. The van der Waals surface area contributed by atoms with Crippen molar-refractivity contribution in [3.8, 4) is 0 Å². The van der Waals surface area contributed by atoms with Gasteiger partial charge in [0.1, 0.15) is 0 Å². The zero-order chi connectivity index (χ0) is 20.1. The number of hydrogen-bond donors (Lipinski definition) is 2. The van der Waals surface area contributed by atoms with E-state index in [2.05, 4.69) is 10.6 Å². The SMILES string of the molecule is CCn1c(C)cc(C(=O)O[C@@H](C)C(=O)Nc2ccc(NC(C)=O)cc2)c1C. The molecule has 0 spiro atoms. The van der Waals surface area contributed by atoms with Crippen molar-refractivity contribution >= 4 is 29.2 Å².